The van der Waals surface area contributed by atoms with E-state index in [2.05, 4.69) is 10.6 Å². The van der Waals surface area contributed by atoms with Gasteiger partial charge >= 0.3 is 5.97 Å². The Bertz CT molecular complexity index is 900. The van der Waals surface area contributed by atoms with E-state index < -0.39 is 35.4 Å². The quantitative estimate of drug-likeness (QED) is 0.414. The fourth-order valence-corrected chi connectivity index (χ4v) is 2.22. The zero-order chi connectivity index (χ0) is 20.7. The van der Waals surface area contributed by atoms with Gasteiger partial charge in [-0.05, 0) is 37.3 Å². The Morgan fingerprint density at radius 2 is 1.86 bits per heavy atom. The van der Waals surface area contributed by atoms with Crippen molar-refractivity contribution in [2.24, 2.45) is 0 Å². The van der Waals surface area contributed by atoms with Crippen molar-refractivity contribution < 1.29 is 24.0 Å². The summed E-state index contributed by atoms with van der Waals surface area (Å²) in [4.78, 5) is 45.9. The van der Waals surface area contributed by atoms with E-state index in [1.165, 1.54) is 55.5 Å². The third kappa shape index (κ3) is 6.06. The first-order valence-corrected chi connectivity index (χ1v) is 8.41. The van der Waals surface area contributed by atoms with Crippen LogP contribution >= 0.6 is 11.6 Å². The molecule has 2 aromatic carbocycles. The highest BCUT2D eigenvalue weighted by Gasteiger charge is 2.19. The van der Waals surface area contributed by atoms with Gasteiger partial charge in [0.2, 0.25) is 0 Å². The number of halogens is 1. The molecule has 0 unspecified atom stereocenters. The van der Waals surface area contributed by atoms with Crippen molar-refractivity contribution in [2.45, 2.75) is 13.0 Å². The topological polar surface area (TPSA) is 128 Å². The van der Waals surface area contributed by atoms with Crippen LogP contribution in [-0.2, 0) is 14.3 Å². The Hall–Kier alpha value is -3.46. The number of amides is 2. The van der Waals surface area contributed by atoms with Crippen LogP contribution < -0.4 is 10.6 Å². The van der Waals surface area contributed by atoms with E-state index >= 15 is 0 Å². The smallest absolute Gasteiger partial charge is 0.328 e. The Labute approximate surface area is 164 Å². The average molecular weight is 406 g/mol. The summed E-state index contributed by atoms with van der Waals surface area (Å²) in [6.45, 7) is 0.803. The minimum Gasteiger partial charge on any atom is -0.454 e. The zero-order valence-electron chi connectivity index (χ0n) is 14.7. The molecule has 0 saturated heterocycles. The van der Waals surface area contributed by atoms with Crippen LogP contribution in [0, 0.1) is 10.1 Å². The van der Waals surface area contributed by atoms with Gasteiger partial charge in [-0.3, -0.25) is 19.7 Å². The number of esters is 1. The molecular formula is C18H16ClN3O6. The molecule has 0 aromatic heterocycles. The second kappa shape index (κ2) is 9.47. The van der Waals surface area contributed by atoms with Crippen LogP contribution in [0.15, 0.2) is 48.5 Å². The SMILES string of the molecule is C[C@H](NC(=O)c1ccc(Cl)cc1)C(=O)OCC(=O)Nc1cccc([N+](=O)[O-])c1. The van der Waals surface area contributed by atoms with Crippen molar-refractivity contribution >= 4 is 40.8 Å². The number of carbonyl (C=O) groups is 3. The number of non-ortho nitro benzene ring substituents is 1. The van der Waals surface area contributed by atoms with Crippen molar-refractivity contribution in [2.75, 3.05) is 11.9 Å². The first-order chi connectivity index (χ1) is 13.3. The predicted molar refractivity (Wildman–Crippen MR) is 101 cm³/mol. The molecule has 2 rings (SSSR count). The molecule has 0 fully saturated rings. The van der Waals surface area contributed by atoms with Gasteiger partial charge in [0.25, 0.3) is 17.5 Å². The second-order valence-corrected chi connectivity index (χ2v) is 6.10. The van der Waals surface area contributed by atoms with Crippen LogP contribution in [0.5, 0.6) is 0 Å². The summed E-state index contributed by atoms with van der Waals surface area (Å²) in [5.41, 5.74) is 0.320. The van der Waals surface area contributed by atoms with Gasteiger partial charge < -0.3 is 15.4 Å². The third-order valence-electron chi connectivity index (χ3n) is 3.49. The number of nitrogens with zero attached hydrogens (tertiary/aromatic N) is 1. The molecule has 1 atom stereocenters. The lowest BCUT2D eigenvalue weighted by Gasteiger charge is -2.13. The van der Waals surface area contributed by atoms with E-state index in [1.807, 2.05) is 0 Å². The summed E-state index contributed by atoms with van der Waals surface area (Å²) in [5, 5.41) is 16.0. The first-order valence-electron chi connectivity index (χ1n) is 8.03. The lowest BCUT2D eigenvalue weighted by molar-refractivity contribution is -0.384. The standard InChI is InChI=1S/C18H16ClN3O6/c1-11(20-17(24)12-5-7-13(19)8-6-12)18(25)28-10-16(23)21-14-3-2-4-15(9-14)22(26)27/h2-9,11H,10H2,1H3,(H,20,24)(H,21,23)/t11-/m0/s1. The maximum absolute atomic E-state index is 12.0. The van der Waals surface area contributed by atoms with Crippen molar-refractivity contribution in [1.29, 1.82) is 0 Å². The summed E-state index contributed by atoms with van der Waals surface area (Å²) in [7, 11) is 0. The van der Waals surface area contributed by atoms with Crippen molar-refractivity contribution in [3.05, 3.63) is 69.2 Å². The van der Waals surface area contributed by atoms with E-state index in [9.17, 15) is 24.5 Å². The van der Waals surface area contributed by atoms with Gasteiger partial charge in [-0.25, -0.2) is 4.79 Å². The number of rotatable bonds is 7. The van der Waals surface area contributed by atoms with Gasteiger partial charge in [0.1, 0.15) is 6.04 Å². The first kappa shape index (κ1) is 20.8. The number of nitrogens with one attached hydrogen (secondary N) is 2. The van der Waals surface area contributed by atoms with E-state index in [0.29, 0.717) is 10.6 Å². The van der Waals surface area contributed by atoms with Gasteiger partial charge in [0.15, 0.2) is 6.61 Å². The van der Waals surface area contributed by atoms with Crippen molar-refractivity contribution in [3.63, 3.8) is 0 Å². The fourth-order valence-electron chi connectivity index (χ4n) is 2.10. The molecule has 146 valence electrons. The van der Waals surface area contributed by atoms with E-state index in [0.717, 1.165) is 0 Å². The van der Waals surface area contributed by atoms with Crippen molar-refractivity contribution in [1.82, 2.24) is 5.32 Å². The molecular weight excluding hydrogens is 390 g/mol. The van der Waals surface area contributed by atoms with Crippen molar-refractivity contribution in [3.8, 4) is 0 Å². The maximum Gasteiger partial charge on any atom is 0.328 e. The summed E-state index contributed by atoms with van der Waals surface area (Å²) in [6, 6.07) is 10.4. The summed E-state index contributed by atoms with van der Waals surface area (Å²) >= 11 is 5.75. The third-order valence-corrected chi connectivity index (χ3v) is 3.75. The molecule has 0 radical (unpaired) electrons. The largest absolute Gasteiger partial charge is 0.454 e. The number of hydrogen-bond donors (Lipinski definition) is 2. The van der Waals surface area contributed by atoms with E-state index in [-0.39, 0.29) is 11.4 Å². The molecule has 0 aliphatic heterocycles. The highest BCUT2D eigenvalue weighted by atomic mass is 35.5. The van der Waals surface area contributed by atoms with Gasteiger partial charge in [-0.1, -0.05) is 17.7 Å². The Balaban J connectivity index is 1.82. The van der Waals surface area contributed by atoms with E-state index in [1.54, 1.807) is 0 Å². The molecule has 0 bridgehead atoms. The van der Waals surface area contributed by atoms with Gasteiger partial charge in [-0.15, -0.1) is 0 Å². The minimum absolute atomic E-state index is 0.187. The number of ether oxygens (including phenoxy) is 1. The number of hydrogen-bond acceptors (Lipinski definition) is 6. The molecule has 0 saturated carbocycles. The van der Waals surface area contributed by atoms with Gasteiger partial charge in [0.05, 0.1) is 4.92 Å². The fraction of sp³-hybridized carbons (Fsp3) is 0.167. The Kier molecular flexibility index (Phi) is 7.05. The normalized spacial score (nSPS) is 11.2. The molecule has 0 heterocycles. The number of carbonyl (C=O) groups excluding carboxylic acids is 3. The molecule has 0 aliphatic rings. The lowest BCUT2D eigenvalue weighted by Crippen LogP contribution is -2.40. The maximum atomic E-state index is 12.0. The number of anilines is 1. The highest BCUT2D eigenvalue weighted by molar-refractivity contribution is 6.30. The molecule has 9 nitrogen and oxygen atoms in total. The summed E-state index contributed by atoms with van der Waals surface area (Å²) in [6.07, 6.45) is 0. The van der Waals surface area contributed by atoms with Crippen LogP contribution in [0.3, 0.4) is 0 Å². The predicted octanol–water partition coefficient (Wildman–Crippen LogP) is 2.55. The van der Waals surface area contributed by atoms with Gasteiger partial charge in [0, 0.05) is 28.4 Å². The molecule has 2 N–H and O–H groups in total. The van der Waals surface area contributed by atoms with E-state index in [4.69, 9.17) is 16.3 Å². The van der Waals surface area contributed by atoms with Crippen LogP contribution in [0.1, 0.15) is 17.3 Å². The summed E-state index contributed by atoms with van der Waals surface area (Å²) in [5.74, 6) is -1.98. The monoisotopic (exact) mass is 405 g/mol. The van der Waals surface area contributed by atoms with Crippen LogP contribution in [0.2, 0.25) is 5.02 Å². The Morgan fingerprint density at radius 3 is 2.50 bits per heavy atom. The molecule has 2 aromatic rings. The van der Waals surface area contributed by atoms with Gasteiger partial charge in [-0.2, -0.15) is 0 Å². The molecule has 0 aliphatic carbocycles. The molecule has 2 amide bonds. The summed E-state index contributed by atoms with van der Waals surface area (Å²) < 4.78 is 4.85. The van der Waals surface area contributed by atoms with Crippen LogP contribution in [-0.4, -0.2) is 35.4 Å². The highest BCUT2D eigenvalue weighted by Crippen LogP contribution is 2.16. The number of nitro groups is 1. The molecule has 28 heavy (non-hydrogen) atoms. The van der Waals surface area contributed by atoms with Crippen LogP contribution in [0.25, 0.3) is 0 Å². The lowest BCUT2D eigenvalue weighted by atomic mass is 10.2. The molecule has 0 spiro atoms. The average Bonchev–Trinajstić information content (AvgIpc) is 2.66. The Morgan fingerprint density at radius 1 is 1.18 bits per heavy atom. The minimum atomic E-state index is -0.992. The second-order valence-electron chi connectivity index (χ2n) is 5.67. The zero-order valence-corrected chi connectivity index (χ0v) is 15.4. The number of nitro benzene ring substituents is 1. The van der Waals surface area contributed by atoms with Crippen LogP contribution in [0.4, 0.5) is 11.4 Å². The molecule has 10 heteroatoms. The number of benzene rings is 2.